The Hall–Kier alpha value is -2.98. The van der Waals surface area contributed by atoms with Crippen LogP contribution in [0.1, 0.15) is 18.1 Å². The lowest BCUT2D eigenvalue weighted by atomic mass is 10.1. The number of benzene rings is 3. The van der Waals surface area contributed by atoms with Crippen LogP contribution in [0.2, 0.25) is 10.0 Å². The average Bonchev–Trinajstić information content (AvgIpc) is 3.12. The first-order chi connectivity index (χ1) is 18.2. The van der Waals surface area contributed by atoms with Crippen molar-refractivity contribution in [3.63, 3.8) is 0 Å². The molecule has 3 amide bonds. The lowest BCUT2D eigenvalue weighted by molar-refractivity contribution is -0.127. The Balaban J connectivity index is 1.50. The van der Waals surface area contributed by atoms with E-state index in [-0.39, 0.29) is 11.5 Å². The molecule has 196 valence electrons. The zero-order valence-electron chi connectivity index (χ0n) is 20.0. The molecule has 11 heteroatoms. The summed E-state index contributed by atoms with van der Waals surface area (Å²) in [5, 5.41) is 3.14. The van der Waals surface area contributed by atoms with Gasteiger partial charge in [-0.05, 0) is 82.7 Å². The van der Waals surface area contributed by atoms with Gasteiger partial charge in [-0.3, -0.25) is 19.3 Å². The molecule has 0 saturated carbocycles. The van der Waals surface area contributed by atoms with E-state index < -0.39 is 23.6 Å². The summed E-state index contributed by atoms with van der Waals surface area (Å²) >= 11 is 16.5. The Labute approximate surface area is 242 Å². The van der Waals surface area contributed by atoms with Crippen molar-refractivity contribution in [3.8, 4) is 11.5 Å². The molecule has 0 bridgehead atoms. The molecule has 1 heterocycles. The number of thioether (sulfide) groups is 1. The first kappa shape index (κ1) is 28.0. The van der Waals surface area contributed by atoms with Crippen LogP contribution in [0.3, 0.4) is 0 Å². The molecule has 0 unspecified atom stereocenters. The number of hydrogen-bond acceptors (Lipinski definition) is 6. The summed E-state index contributed by atoms with van der Waals surface area (Å²) in [6.07, 6.45) is 1.57. The minimum Gasteiger partial charge on any atom is -0.490 e. The first-order valence-corrected chi connectivity index (χ1v) is 13.7. The third kappa shape index (κ3) is 6.91. The summed E-state index contributed by atoms with van der Waals surface area (Å²) in [6.45, 7) is 2.04. The maximum Gasteiger partial charge on any atom is 0.294 e. The zero-order valence-corrected chi connectivity index (χ0v) is 23.9. The number of ether oxygens (including phenoxy) is 2. The number of rotatable bonds is 9. The van der Waals surface area contributed by atoms with Crippen molar-refractivity contribution in [2.75, 3.05) is 18.5 Å². The Morgan fingerprint density at radius 3 is 2.61 bits per heavy atom. The molecular weight excluding hydrogens is 615 g/mol. The molecule has 3 aromatic rings. The Morgan fingerprint density at radius 2 is 1.87 bits per heavy atom. The van der Waals surface area contributed by atoms with Gasteiger partial charge in [0.2, 0.25) is 5.91 Å². The van der Waals surface area contributed by atoms with Gasteiger partial charge < -0.3 is 14.8 Å². The van der Waals surface area contributed by atoms with Crippen LogP contribution < -0.4 is 14.8 Å². The second-order valence-electron chi connectivity index (χ2n) is 7.97. The van der Waals surface area contributed by atoms with Crippen molar-refractivity contribution < 1.29 is 23.9 Å². The van der Waals surface area contributed by atoms with E-state index in [9.17, 15) is 14.4 Å². The molecule has 0 aliphatic carbocycles. The molecular formula is C27H21BrCl2N2O5S. The van der Waals surface area contributed by atoms with Gasteiger partial charge >= 0.3 is 0 Å². The van der Waals surface area contributed by atoms with Crippen molar-refractivity contribution in [2.24, 2.45) is 0 Å². The van der Waals surface area contributed by atoms with E-state index in [2.05, 4.69) is 21.2 Å². The fourth-order valence-electron chi connectivity index (χ4n) is 3.54. The monoisotopic (exact) mass is 634 g/mol. The maximum atomic E-state index is 13.0. The SMILES string of the molecule is CCOc1cc(/C=C2/SC(=O)N(CC(=O)Nc3cccc(Cl)c3)C2=O)cc(Br)c1OCc1ccccc1Cl. The van der Waals surface area contributed by atoms with Crippen LogP contribution >= 0.6 is 50.9 Å². The summed E-state index contributed by atoms with van der Waals surface area (Å²) in [5.74, 6) is -0.137. The smallest absolute Gasteiger partial charge is 0.294 e. The Bertz CT molecular complexity index is 1430. The van der Waals surface area contributed by atoms with Gasteiger partial charge in [-0.15, -0.1) is 0 Å². The number of amides is 3. The number of carbonyl (C=O) groups excluding carboxylic acids is 3. The van der Waals surface area contributed by atoms with Gasteiger partial charge in [-0.2, -0.15) is 0 Å². The van der Waals surface area contributed by atoms with E-state index in [4.69, 9.17) is 32.7 Å². The topological polar surface area (TPSA) is 84.9 Å². The molecule has 7 nitrogen and oxygen atoms in total. The van der Waals surface area contributed by atoms with E-state index in [1.165, 1.54) is 0 Å². The van der Waals surface area contributed by atoms with E-state index in [0.717, 1.165) is 22.2 Å². The van der Waals surface area contributed by atoms with Crippen molar-refractivity contribution in [3.05, 3.63) is 91.2 Å². The van der Waals surface area contributed by atoms with Crippen molar-refractivity contribution in [1.82, 2.24) is 4.90 Å². The minimum absolute atomic E-state index is 0.185. The molecule has 0 atom stereocenters. The molecule has 1 saturated heterocycles. The number of carbonyl (C=O) groups is 3. The number of nitrogens with zero attached hydrogens (tertiary/aromatic N) is 1. The fraction of sp³-hybridized carbons (Fsp3) is 0.148. The third-order valence-corrected chi connectivity index (χ3v) is 7.34. The molecule has 1 fully saturated rings. The summed E-state index contributed by atoms with van der Waals surface area (Å²) < 4.78 is 12.4. The zero-order chi connectivity index (χ0) is 27.2. The highest BCUT2D eigenvalue weighted by Crippen LogP contribution is 2.40. The number of nitrogens with one attached hydrogen (secondary N) is 1. The predicted octanol–water partition coefficient (Wildman–Crippen LogP) is 7.41. The van der Waals surface area contributed by atoms with E-state index in [0.29, 0.717) is 43.9 Å². The number of halogens is 3. The minimum atomic E-state index is -0.561. The summed E-state index contributed by atoms with van der Waals surface area (Å²) in [5.41, 5.74) is 1.90. The van der Waals surface area contributed by atoms with Crippen molar-refractivity contribution in [1.29, 1.82) is 0 Å². The Kier molecular flexibility index (Phi) is 9.38. The van der Waals surface area contributed by atoms with Crippen LogP contribution in [-0.4, -0.2) is 35.1 Å². The van der Waals surface area contributed by atoms with Gasteiger partial charge in [0.15, 0.2) is 11.5 Å². The third-order valence-electron chi connectivity index (χ3n) is 5.24. The molecule has 1 N–H and O–H groups in total. The van der Waals surface area contributed by atoms with Crippen molar-refractivity contribution >= 4 is 79.7 Å². The largest absolute Gasteiger partial charge is 0.490 e. The number of imide groups is 1. The summed E-state index contributed by atoms with van der Waals surface area (Å²) in [7, 11) is 0. The first-order valence-electron chi connectivity index (χ1n) is 11.4. The Morgan fingerprint density at radius 1 is 1.08 bits per heavy atom. The van der Waals surface area contributed by atoms with E-state index in [1.807, 2.05) is 25.1 Å². The molecule has 38 heavy (non-hydrogen) atoms. The lowest BCUT2D eigenvalue weighted by Crippen LogP contribution is -2.36. The molecule has 4 rings (SSSR count). The summed E-state index contributed by atoms with van der Waals surface area (Å²) in [6, 6.07) is 17.4. The van der Waals surface area contributed by atoms with E-state index >= 15 is 0 Å². The number of hydrogen-bond donors (Lipinski definition) is 1. The van der Waals surface area contributed by atoms with Crippen LogP contribution in [-0.2, 0) is 16.2 Å². The van der Waals surface area contributed by atoms with E-state index in [1.54, 1.807) is 48.5 Å². The van der Waals surface area contributed by atoms with Gasteiger partial charge in [0.05, 0.1) is 16.0 Å². The molecule has 0 radical (unpaired) electrons. The molecule has 1 aliphatic rings. The highest BCUT2D eigenvalue weighted by molar-refractivity contribution is 9.10. The highest BCUT2D eigenvalue weighted by atomic mass is 79.9. The highest BCUT2D eigenvalue weighted by Gasteiger charge is 2.36. The van der Waals surface area contributed by atoms with Gasteiger partial charge in [0.25, 0.3) is 11.1 Å². The quantitative estimate of drug-likeness (QED) is 0.247. The fourth-order valence-corrected chi connectivity index (χ4v) is 5.33. The predicted molar refractivity (Wildman–Crippen MR) is 154 cm³/mol. The second kappa shape index (κ2) is 12.7. The van der Waals surface area contributed by atoms with Crippen LogP contribution in [0.5, 0.6) is 11.5 Å². The van der Waals surface area contributed by atoms with Crippen molar-refractivity contribution in [2.45, 2.75) is 13.5 Å². The lowest BCUT2D eigenvalue weighted by Gasteiger charge is -2.15. The number of anilines is 1. The van der Waals surface area contributed by atoms with Gasteiger partial charge in [0.1, 0.15) is 13.2 Å². The summed E-state index contributed by atoms with van der Waals surface area (Å²) in [4.78, 5) is 39.0. The molecule has 1 aliphatic heterocycles. The normalized spacial score (nSPS) is 14.2. The maximum absolute atomic E-state index is 13.0. The standard InChI is InChI=1S/C27H21BrCl2N2O5S/c1-2-36-22-11-16(10-20(28)25(22)37-15-17-6-3-4-9-21(17)30)12-23-26(34)32(27(35)38-23)14-24(33)31-19-8-5-7-18(29)13-19/h3-13H,2,14-15H2,1H3,(H,31,33)/b23-12+. The van der Waals surface area contributed by atoms with Crippen LogP contribution in [0.25, 0.3) is 6.08 Å². The molecule has 0 spiro atoms. The van der Waals surface area contributed by atoms with Gasteiger partial charge in [-0.1, -0.05) is 47.5 Å². The molecule has 0 aromatic heterocycles. The molecule has 3 aromatic carbocycles. The van der Waals surface area contributed by atoms with Crippen LogP contribution in [0.15, 0.2) is 70.0 Å². The van der Waals surface area contributed by atoms with Crippen LogP contribution in [0, 0.1) is 0 Å². The second-order valence-corrected chi connectivity index (χ2v) is 10.7. The average molecular weight is 636 g/mol. The van der Waals surface area contributed by atoms with Gasteiger partial charge in [-0.25, -0.2) is 0 Å². The van der Waals surface area contributed by atoms with Gasteiger partial charge in [0, 0.05) is 21.3 Å². The van der Waals surface area contributed by atoms with Crippen LogP contribution in [0.4, 0.5) is 10.5 Å².